The number of fused-ring (bicyclic) bond motifs is 1. The Hall–Kier alpha value is -3.91. The van der Waals surface area contributed by atoms with Gasteiger partial charge in [-0.05, 0) is 37.6 Å². The van der Waals surface area contributed by atoms with Crippen molar-refractivity contribution in [1.29, 1.82) is 0 Å². The zero-order chi connectivity index (χ0) is 24.4. The molecule has 4 aromatic rings. The Kier molecular flexibility index (Phi) is 6.51. The maximum absolute atomic E-state index is 13.2. The summed E-state index contributed by atoms with van der Waals surface area (Å²) in [5, 5.41) is 11.6. The zero-order valence-electron chi connectivity index (χ0n) is 18.4. The zero-order valence-corrected chi connectivity index (χ0v) is 20.0. The third kappa shape index (κ3) is 4.72. The number of pyridine rings is 1. The summed E-state index contributed by atoms with van der Waals surface area (Å²) in [4.78, 5) is 40.9. The fraction of sp³-hybridized carbons (Fsp3) is 0.115. The predicted octanol–water partition coefficient (Wildman–Crippen LogP) is 6.23. The smallest absolute Gasteiger partial charge is 0.339 e. The lowest BCUT2D eigenvalue weighted by atomic mass is 9.97. The number of aromatic nitrogens is 1. The van der Waals surface area contributed by atoms with Gasteiger partial charge in [-0.15, -0.1) is 0 Å². The fourth-order valence-corrected chi connectivity index (χ4v) is 4.03. The summed E-state index contributed by atoms with van der Waals surface area (Å²) in [7, 11) is 0. The van der Waals surface area contributed by atoms with Crippen LogP contribution in [0.2, 0.25) is 0 Å². The molecule has 0 spiro atoms. The third-order valence-electron chi connectivity index (χ3n) is 5.43. The first kappa shape index (κ1) is 23.3. The molecule has 0 atom stereocenters. The largest absolute Gasteiger partial charge is 0.454 e. The third-order valence-corrected chi connectivity index (χ3v) is 5.93. The SMILES string of the molecule is Cc1ccc(-c2nc3ccc(Br)cc3c(C(=O)OCC(=O)c3cccc([N+](=O)[O-])c3)c2C)cc1. The van der Waals surface area contributed by atoms with Crippen molar-refractivity contribution in [3.63, 3.8) is 0 Å². The van der Waals surface area contributed by atoms with Crippen LogP contribution in [0, 0.1) is 24.0 Å². The highest BCUT2D eigenvalue weighted by molar-refractivity contribution is 9.10. The van der Waals surface area contributed by atoms with Gasteiger partial charge in [0, 0.05) is 33.1 Å². The molecule has 1 heterocycles. The lowest BCUT2D eigenvalue weighted by Gasteiger charge is -2.15. The van der Waals surface area contributed by atoms with E-state index in [4.69, 9.17) is 9.72 Å². The van der Waals surface area contributed by atoms with Crippen LogP contribution in [0.3, 0.4) is 0 Å². The van der Waals surface area contributed by atoms with E-state index < -0.39 is 23.3 Å². The average Bonchev–Trinajstić information content (AvgIpc) is 2.82. The Morgan fingerprint density at radius 1 is 1.03 bits per heavy atom. The van der Waals surface area contributed by atoms with Gasteiger partial charge in [0.1, 0.15) is 0 Å². The first-order chi connectivity index (χ1) is 16.2. The van der Waals surface area contributed by atoms with Crippen LogP contribution in [0.25, 0.3) is 22.2 Å². The molecule has 34 heavy (non-hydrogen) atoms. The number of nitro benzene ring substituents is 1. The summed E-state index contributed by atoms with van der Waals surface area (Å²) < 4.78 is 6.15. The number of ether oxygens (including phenoxy) is 1. The van der Waals surface area contributed by atoms with Crippen LogP contribution >= 0.6 is 15.9 Å². The van der Waals surface area contributed by atoms with Gasteiger partial charge >= 0.3 is 5.97 Å². The van der Waals surface area contributed by atoms with Gasteiger partial charge in [0.2, 0.25) is 5.78 Å². The van der Waals surface area contributed by atoms with Gasteiger partial charge in [0.15, 0.2) is 6.61 Å². The van der Waals surface area contributed by atoms with E-state index in [-0.39, 0.29) is 11.3 Å². The molecule has 0 unspecified atom stereocenters. The summed E-state index contributed by atoms with van der Waals surface area (Å²) >= 11 is 3.43. The highest BCUT2D eigenvalue weighted by Crippen LogP contribution is 2.32. The van der Waals surface area contributed by atoms with Crippen molar-refractivity contribution in [3.8, 4) is 11.3 Å². The van der Waals surface area contributed by atoms with Crippen molar-refractivity contribution >= 4 is 44.3 Å². The predicted molar refractivity (Wildman–Crippen MR) is 132 cm³/mol. The Labute approximate surface area is 203 Å². The first-order valence-electron chi connectivity index (χ1n) is 10.4. The maximum Gasteiger partial charge on any atom is 0.339 e. The van der Waals surface area contributed by atoms with Crippen LogP contribution in [-0.4, -0.2) is 28.3 Å². The van der Waals surface area contributed by atoms with Gasteiger partial charge < -0.3 is 4.74 Å². The highest BCUT2D eigenvalue weighted by atomic mass is 79.9. The van der Waals surface area contributed by atoms with Crippen LogP contribution < -0.4 is 0 Å². The van der Waals surface area contributed by atoms with Crippen molar-refractivity contribution in [2.24, 2.45) is 0 Å². The number of benzene rings is 3. The van der Waals surface area contributed by atoms with Crippen molar-refractivity contribution in [2.45, 2.75) is 13.8 Å². The summed E-state index contributed by atoms with van der Waals surface area (Å²) in [5.41, 5.74) is 4.05. The van der Waals surface area contributed by atoms with E-state index in [0.29, 0.717) is 27.7 Å². The molecule has 0 aliphatic rings. The minimum Gasteiger partial charge on any atom is -0.454 e. The van der Waals surface area contributed by atoms with E-state index in [9.17, 15) is 19.7 Å². The lowest BCUT2D eigenvalue weighted by molar-refractivity contribution is -0.384. The minimum atomic E-state index is -0.671. The quantitative estimate of drug-likeness (QED) is 0.130. The monoisotopic (exact) mass is 518 g/mol. The molecule has 7 nitrogen and oxygen atoms in total. The van der Waals surface area contributed by atoms with E-state index in [0.717, 1.165) is 21.7 Å². The minimum absolute atomic E-state index is 0.0985. The highest BCUT2D eigenvalue weighted by Gasteiger charge is 2.22. The lowest BCUT2D eigenvalue weighted by Crippen LogP contribution is -2.16. The van der Waals surface area contributed by atoms with Crippen LogP contribution in [0.5, 0.6) is 0 Å². The number of nitro groups is 1. The normalized spacial score (nSPS) is 10.8. The molecule has 0 bridgehead atoms. The van der Waals surface area contributed by atoms with E-state index in [1.807, 2.05) is 43.3 Å². The number of hydrogen-bond donors (Lipinski definition) is 0. The second-order valence-electron chi connectivity index (χ2n) is 7.79. The number of Topliss-reactive ketones (excluding diaryl/α,β-unsaturated/α-hetero) is 1. The Morgan fingerprint density at radius 3 is 2.47 bits per heavy atom. The van der Waals surface area contributed by atoms with Crippen LogP contribution in [0.4, 0.5) is 5.69 Å². The topological polar surface area (TPSA) is 99.4 Å². The van der Waals surface area contributed by atoms with E-state index in [1.165, 1.54) is 18.2 Å². The summed E-state index contributed by atoms with van der Waals surface area (Å²) in [6.45, 7) is 3.24. The Bertz CT molecular complexity index is 1450. The summed E-state index contributed by atoms with van der Waals surface area (Å²) in [6, 6.07) is 18.6. The fourth-order valence-electron chi connectivity index (χ4n) is 3.67. The Morgan fingerprint density at radius 2 is 1.76 bits per heavy atom. The summed E-state index contributed by atoms with van der Waals surface area (Å²) in [5.74, 6) is -1.21. The first-order valence-corrected chi connectivity index (χ1v) is 11.2. The number of hydrogen-bond acceptors (Lipinski definition) is 6. The number of esters is 1. The number of carbonyl (C=O) groups excluding carboxylic acids is 2. The van der Waals surface area contributed by atoms with Crippen molar-refractivity contribution in [2.75, 3.05) is 6.61 Å². The molecule has 0 saturated carbocycles. The molecule has 0 fully saturated rings. The maximum atomic E-state index is 13.2. The molecule has 4 rings (SSSR count). The number of carbonyl (C=O) groups is 2. The van der Waals surface area contributed by atoms with Gasteiger partial charge in [0.25, 0.3) is 5.69 Å². The molecule has 3 aromatic carbocycles. The van der Waals surface area contributed by atoms with Gasteiger partial charge in [-0.2, -0.15) is 0 Å². The van der Waals surface area contributed by atoms with Gasteiger partial charge in [-0.1, -0.05) is 57.9 Å². The summed E-state index contributed by atoms with van der Waals surface area (Å²) in [6.07, 6.45) is 0. The van der Waals surface area contributed by atoms with Crippen molar-refractivity contribution in [1.82, 2.24) is 4.98 Å². The number of aryl methyl sites for hydroxylation is 1. The number of nitrogens with zero attached hydrogens (tertiary/aromatic N) is 2. The number of ketones is 1. The van der Waals surface area contributed by atoms with Crippen LogP contribution in [0.1, 0.15) is 31.8 Å². The van der Waals surface area contributed by atoms with Crippen LogP contribution in [-0.2, 0) is 4.74 Å². The molecule has 0 radical (unpaired) electrons. The van der Waals surface area contributed by atoms with Crippen molar-refractivity contribution < 1.29 is 19.2 Å². The molecule has 0 aliphatic carbocycles. The van der Waals surface area contributed by atoms with Crippen molar-refractivity contribution in [3.05, 3.63) is 104 Å². The van der Waals surface area contributed by atoms with Crippen LogP contribution in [0.15, 0.2) is 71.2 Å². The molecule has 170 valence electrons. The molecular weight excluding hydrogens is 500 g/mol. The standard InChI is InChI=1S/C26H19BrN2O5/c1-15-6-8-17(9-7-15)25-16(2)24(21-13-19(27)10-11-22(21)28-25)26(31)34-14-23(30)18-4-3-5-20(12-18)29(32)33/h3-13H,14H2,1-2H3. The Balaban J connectivity index is 1.70. The second-order valence-corrected chi connectivity index (χ2v) is 8.71. The average molecular weight is 519 g/mol. The molecule has 1 aromatic heterocycles. The molecule has 0 saturated heterocycles. The molecular formula is C26H19BrN2O5. The molecule has 0 aliphatic heterocycles. The van der Waals surface area contributed by atoms with Gasteiger partial charge in [-0.3, -0.25) is 14.9 Å². The van der Waals surface area contributed by atoms with Gasteiger partial charge in [0.05, 0.1) is 21.7 Å². The molecule has 0 N–H and O–H groups in total. The van der Waals surface area contributed by atoms with E-state index in [2.05, 4.69) is 15.9 Å². The number of halogens is 1. The molecule has 0 amide bonds. The van der Waals surface area contributed by atoms with Gasteiger partial charge in [-0.25, -0.2) is 9.78 Å². The number of rotatable bonds is 6. The molecule has 8 heteroatoms. The van der Waals surface area contributed by atoms with E-state index in [1.54, 1.807) is 13.0 Å². The number of non-ortho nitro benzene ring substituents is 1. The van der Waals surface area contributed by atoms with E-state index >= 15 is 0 Å². The second kappa shape index (κ2) is 9.52.